The van der Waals surface area contributed by atoms with E-state index in [-0.39, 0.29) is 5.91 Å². The fourth-order valence-electron chi connectivity index (χ4n) is 3.14. The van der Waals surface area contributed by atoms with Crippen molar-refractivity contribution in [2.45, 2.75) is 32.2 Å². The molecule has 0 aliphatic carbocycles. The van der Waals surface area contributed by atoms with Crippen LogP contribution in [0, 0.1) is 5.92 Å². The number of nitrogens with zero attached hydrogens (tertiary/aromatic N) is 5. The first-order chi connectivity index (χ1) is 11.7. The topological polar surface area (TPSA) is 75.9 Å². The van der Waals surface area contributed by atoms with Gasteiger partial charge >= 0.3 is 0 Å². The quantitative estimate of drug-likeness (QED) is 0.902. The van der Waals surface area contributed by atoms with Gasteiger partial charge in [-0.15, -0.1) is 0 Å². The molecule has 1 N–H and O–H groups in total. The predicted molar refractivity (Wildman–Crippen MR) is 91.4 cm³/mol. The van der Waals surface area contributed by atoms with E-state index in [2.05, 4.69) is 20.3 Å². The van der Waals surface area contributed by atoms with Crippen LogP contribution in [0.2, 0.25) is 0 Å². The van der Waals surface area contributed by atoms with E-state index in [1.807, 2.05) is 28.9 Å². The summed E-state index contributed by atoms with van der Waals surface area (Å²) in [6.07, 6.45) is 13.0. The summed E-state index contributed by atoms with van der Waals surface area (Å²) in [5, 5.41) is 2.98. The lowest BCUT2D eigenvalue weighted by molar-refractivity contribution is -0.131. The van der Waals surface area contributed by atoms with E-state index in [1.54, 1.807) is 18.7 Å². The standard InChI is InChI=1S/C17H24N6O/c1-18-16-11-20-15(10-21-16)9-14-3-2-6-23(7-4-14)17(24)12-22-8-5-19-13-22/h5,8,10-11,13-14H,2-4,6-7,9,12H2,1H3,(H,18,21)/t14-/m0/s1. The molecule has 1 fully saturated rings. The summed E-state index contributed by atoms with van der Waals surface area (Å²) < 4.78 is 1.82. The van der Waals surface area contributed by atoms with Gasteiger partial charge < -0.3 is 14.8 Å². The van der Waals surface area contributed by atoms with Gasteiger partial charge in [-0.3, -0.25) is 9.78 Å². The molecule has 1 aliphatic rings. The second kappa shape index (κ2) is 7.90. The molecule has 0 saturated carbocycles. The minimum atomic E-state index is 0.173. The molecule has 128 valence electrons. The Kier molecular flexibility index (Phi) is 5.40. The monoisotopic (exact) mass is 328 g/mol. The normalized spacial score (nSPS) is 18.2. The summed E-state index contributed by atoms with van der Waals surface area (Å²) in [6, 6.07) is 0. The maximum atomic E-state index is 12.4. The third-order valence-corrected chi connectivity index (χ3v) is 4.54. The van der Waals surface area contributed by atoms with Gasteiger partial charge in [-0.2, -0.15) is 0 Å². The van der Waals surface area contributed by atoms with Crippen LogP contribution in [0.15, 0.2) is 31.1 Å². The van der Waals surface area contributed by atoms with Crippen LogP contribution < -0.4 is 5.32 Å². The highest BCUT2D eigenvalue weighted by atomic mass is 16.2. The van der Waals surface area contributed by atoms with Gasteiger partial charge in [0.1, 0.15) is 12.4 Å². The zero-order valence-electron chi connectivity index (χ0n) is 14.1. The van der Waals surface area contributed by atoms with Crippen molar-refractivity contribution in [2.75, 3.05) is 25.5 Å². The molecule has 1 amide bonds. The molecule has 0 aromatic carbocycles. The number of imidazole rings is 1. The maximum Gasteiger partial charge on any atom is 0.242 e. The molecule has 1 aliphatic heterocycles. The average molecular weight is 328 g/mol. The third-order valence-electron chi connectivity index (χ3n) is 4.54. The fourth-order valence-corrected chi connectivity index (χ4v) is 3.14. The van der Waals surface area contributed by atoms with Crippen LogP contribution in [0.3, 0.4) is 0 Å². The highest BCUT2D eigenvalue weighted by Gasteiger charge is 2.21. The molecule has 7 heteroatoms. The van der Waals surface area contributed by atoms with Crippen LogP contribution in [-0.4, -0.2) is 50.5 Å². The second-order valence-electron chi connectivity index (χ2n) is 6.26. The highest BCUT2D eigenvalue weighted by Crippen LogP contribution is 2.21. The molecule has 1 saturated heterocycles. The number of hydrogen-bond acceptors (Lipinski definition) is 5. The zero-order chi connectivity index (χ0) is 16.8. The first-order valence-corrected chi connectivity index (χ1v) is 8.47. The van der Waals surface area contributed by atoms with Crippen molar-refractivity contribution in [1.29, 1.82) is 0 Å². The lowest BCUT2D eigenvalue weighted by Crippen LogP contribution is -2.34. The van der Waals surface area contributed by atoms with E-state index in [1.165, 1.54) is 0 Å². The minimum absolute atomic E-state index is 0.173. The number of aromatic nitrogens is 4. The lowest BCUT2D eigenvalue weighted by Gasteiger charge is -2.20. The second-order valence-corrected chi connectivity index (χ2v) is 6.26. The molecule has 0 bridgehead atoms. The molecule has 3 heterocycles. The molecule has 7 nitrogen and oxygen atoms in total. The van der Waals surface area contributed by atoms with Crippen LogP contribution in [0.25, 0.3) is 0 Å². The molecule has 2 aromatic rings. The smallest absolute Gasteiger partial charge is 0.242 e. The SMILES string of the molecule is CNc1cnc(C[C@H]2CCCN(C(=O)Cn3ccnc3)CC2)cn1. The van der Waals surface area contributed by atoms with E-state index >= 15 is 0 Å². The Morgan fingerprint density at radius 2 is 2.21 bits per heavy atom. The first-order valence-electron chi connectivity index (χ1n) is 8.47. The first kappa shape index (κ1) is 16.4. The van der Waals surface area contributed by atoms with E-state index in [4.69, 9.17) is 0 Å². The fraction of sp³-hybridized carbons (Fsp3) is 0.529. The van der Waals surface area contributed by atoms with Crippen molar-refractivity contribution in [2.24, 2.45) is 5.92 Å². The Morgan fingerprint density at radius 3 is 2.92 bits per heavy atom. The number of nitrogens with one attached hydrogen (secondary N) is 1. The van der Waals surface area contributed by atoms with Gasteiger partial charge in [0.2, 0.25) is 5.91 Å². The Labute approximate surface area is 142 Å². The molecule has 0 spiro atoms. The molecule has 0 unspecified atom stereocenters. The van der Waals surface area contributed by atoms with Crippen molar-refractivity contribution < 1.29 is 4.79 Å². The molecular formula is C17H24N6O. The Bertz CT molecular complexity index is 640. The maximum absolute atomic E-state index is 12.4. The highest BCUT2D eigenvalue weighted by molar-refractivity contribution is 5.76. The van der Waals surface area contributed by atoms with Crippen LogP contribution in [0.1, 0.15) is 25.0 Å². The van der Waals surface area contributed by atoms with Crippen molar-refractivity contribution in [3.8, 4) is 0 Å². The average Bonchev–Trinajstić information content (AvgIpc) is 3.00. The number of carbonyl (C=O) groups excluding carboxylic acids is 1. The summed E-state index contributed by atoms with van der Waals surface area (Å²) in [7, 11) is 1.84. The summed E-state index contributed by atoms with van der Waals surface area (Å²) in [5.74, 6) is 1.52. The summed E-state index contributed by atoms with van der Waals surface area (Å²) >= 11 is 0. The van der Waals surface area contributed by atoms with Crippen molar-refractivity contribution in [1.82, 2.24) is 24.4 Å². The van der Waals surface area contributed by atoms with Crippen molar-refractivity contribution in [3.05, 3.63) is 36.8 Å². The number of likely N-dealkylation sites (tertiary alicyclic amines) is 1. The molecule has 3 rings (SSSR count). The van der Waals surface area contributed by atoms with Crippen molar-refractivity contribution in [3.63, 3.8) is 0 Å². The van der Waals surface area contributed by atoms with Crippen molar-refractivity contribution >= 4 is 11.7 Å². The molecule has 1 atom stereocenters. The molecule has 24 heavy (non-hydrogen) atoms. The van der Waals surface area contributed by atoms with Gasteiger partial charge in [-0.1, -0.05) is 0 Å². The predicted octanol–water partition coefficient (Wildman–Crippen LogP) is 1.59. The van der Waals surface area contributed by atoms with Gasteiger partial charge in [-0.25, -0.2) is 9.97 Å². The number of amides is 1. The van der Waals surface area contributed by atoms with E-state index < -0.39 is 0 Å². The Hall–Kier alpha value is -2.44. The Balaban J connectivity index is 1.51. The van der Waals surface area contributed by atoms with E-state index in [0.717, 1.165) is 50.3 Å². The largest absolute Gasteiger partial charge is 0.372 e. The number of rotatable bonds is 5. The van der Waals surface area contributed by atoms with Crippen LogP contribution >= 0.6 is 0 Å². The lowest BCUT2D eigenvalue weighted by atomic mass is 9.95. The molecule has 2 aromatic heterocycles. The van der Waals surface area contributed by atoms with Gasteiger partial charge in [0.25, 0.3) is 0 Å². The van der Waals surface area contributed by atoms with Gasteiger partial charge in [-0.05, 0) is 31.6 Å². The Morgan fingerprint density at radius 1 is 1.29 bits per heavy atom. The number of anilines is 1. The van der Waals surface area contributed by atoms with Crippen LogP contribution in [0.5, 0.6) is 0 Å². The summed E-state index contributed by atoms with van der Waals surface area (Å²) in [6.45, 7) is 2.04. The number of carbonyl (C=O) groups is 1. The van der Waals surface area contributed by atoms with Gasteiger partial charge in [0.15, 0.2) is 0 Å². The summed E-state index contributed by atoms with van der Waals surface area (Å²) in [5.41, 5.74) is 1.03. The molecule has 0 radical (unpaired) electrons. The zero-order valence-corrected chi connectivity index (χ0v) is 14.1. The van der Waals surface area contributed by atoms with E-state index in [0.29, 0.717) is 12.5 Å². The summed E-state index contributed by atoms with van der Waals surface area (Å²) in [4.78, 5) is 27.2. The van der Waals surface area contributed by atoms with Crippen LogP contribution in [-0.2, 0) is 17.8 Å². The number of hydrogen-bond donors (Lipinski definition) is 1. The van der Waals surface area contributed by atoms with E-state index in [9.17, 15) is 4.79 Å². The molecular weight excluding hydrogens is 304 g/mol. The van der Waals surface area contributed by atoms with Gasteiger partial charge in [0.05, 0.1) is 24.4 Å². The third kappa shape index (κ3) is 4.31. The van der Waals surface area contributed by atoms with Gasteiger partial charge in [0, 0.05) is 32.5 Å². The minimum Gasteiger partial charge on any atom is -0.372 e. The van der Waals surface area contributed by atoms with Crippen LogP contribution in [0.4, 0.5) is 5.82 Å².